The Morgan fingerprint density at radius 1 is 0.889 bits per heavy atom. The van der Waals surface area contributed by atoms with Gasteiger partial charge in [-0.05, 0) is 94.7 Å². The van der Waals surface area contributed by atoms with Crippen LogP contribution in [0.15, 0.2) is 42.3 Å². The van der Waals surface area contributed by atoms with Crippen molar-refractivity contribution in [3.63, 3.8) is 0 Å². The van der Waals surface area contributed by atoms with Crippen molar-refractivity contribution in [2.24, 2.45) is 11.8 Å². The summed E-state index contributed by atoms with van der Waals surface area (Å²) in [5, 5.41) is 21.5. The minimum Gasteiger partial charge on any atom is -0.488 e. The van der Waals surface area contributed by atoms with Crippen molar-refractivity contribution in [3.05, 3.63) is 42.3 Å². The fourth-order valence-electron chi connectivity index (χ4n) is 9.81. The Morgan fingerprint density at radius 2 is 1.56 bits per heavy atom. The molecule has 0 radical (unpaired) electrons. The Kier molecular flexibility index (Phi) is 13.4. The van der Waals surface area contributed by atoms with Crippen molar-refractivity contribution in [2.45, 2.75) is 139 Å². The third kappa shape index (κ3) is 10.0. The predicted octanol–water partition coefficient (Wildman–Crippen LogP) is 7.42. The van der Waals surface area contributed by atoms with Crippen molar-refractivity contribution < 1.29 is 43.3 Å². The monoisotopic (exact) mass is 885 g/mol. The van der Waals surface area contributed by atoms with Gasteiger partial charge in [0.15, 0.2) is 5.13 Å². The summed E-state index contributed by atoms with van der Waals surface area (Å²) in [7, 11) is 3.86. The number of amides is 4. The van der Waals surface area contributed by atoms with Gasteiger partial charge in [0.05, 0.1) is 17.8 Å². The van der Waals surface area contributed by atoms with Crippen LogP contribution in [0.2, 0.25) is 0 Å². The fraction of sp³-hybridized carbons (Fsp3) is 0.587. The number of nitrogens with zero attached hydrogens (tertiary/aromatic N) is 4. The summed E-state index contributed by atoms with van der Waals surface area (Å²) in [6.07, 6.45) is 12.2. The van der Waals surface area contributed by atoms with E-state index in [-0.39, 0.29) is 37.5 Å². The number of nitrogens with one attached hydrogen (secondary N) is 3. The number of ether oxygens (including phenoxy) is 3. The van der Waals surface area contributed by atoms with Crippen LogP contribution < -0.4 is 25.6 Å². The standard InChI is InChI=1S/C46H59N7O9S/c1-4-28-24-46(28,42(56)57)51-40(54)37-22-32(25-53(37)41(55)39(27-13-7-5-8-14-27)49-44(58)61-30-15-9-6-10-16-30)60-38-23-35(47-34-21-29(52(2)3)19-20-33(34)38)36-26-63-43(48-36)50-45(59)62-31-17-11-12-18-31/h4,19-21,23,26-28,30-32,37,39H,1,5-18,22,24-25H2,2-3H3,(H,49,58)(H,51,54)(H,56,57)(H,48,50,59)/t28-,32-,37+,39+,46-/m1/s1. The summed E-state index contributed by atoms with van der Waals surface area (Å²) in [4.78, 5) is 81.1. The highest BCUT2D eigenvalue weighted by Gasteiger charge is 2.61. The molecule has 0 unspecified atom stereocenters. The van der Waals surface area contributed by atoms with Gasteiger partial charge < -0.3 is 39.8 Å². The molecule has 1 aliphatic heterocycles. The third-order valence-electron chi connectivity index (χ3n) is 13.5. The number of alkyl carbamates (subject to hydrolysis) is 1. The largest absolute Gasteiger partial charge is 0.488 e. The van der Waals surface area contributed by atoms with E-state index in [9.17, 15) is 29.1 Å². The van der Waals surface area contributed by atoms with Crippen molar-refractivity contribution in [3.8, 4) is 17.1 Å². The quantitative estimate of drug-likeness (QED) is 0.117. The average Bonchev–Trinajstić information content (AvgIpc) is 3.68. The zero-order valence-corrected chi connectivity index (χ0v) is 37.0. The number of carbonyl (C=O) groups is 5. The molecule has 5 atom stereocenters. The Hall–Kier alpha value is -5.45. The van der Waals surface area contributed by atoms with Gasteiger partial charge in [-0.1, -0.05) is 31.8 Å². The first-order valence-corrected chi connectivity index (χ1v) is 23.5. The van der Waals surface area contributed by atoms with Crippen LogP contribution >= 0.6 is 11.3 Å². The Bertz CT molecular complexity index is 2200. The SMILES string of the molecule is C=C[C@@H]1C[C@]1(NC(=O)[C@@H]1C[C@@H](Oc2cc(-c3csc(NC(=O)OC4CCCC4)n3)nc3cc(N(C)C)ccc23)CN1C(=O)[C@@H](NC(=O)OC1CCCCC1)C1CCCCC1)C(=O)O. The summed E-state index contributed by atoms with van der Waals surface area (Å²) < 4.78 is 18.2. The maximum absolute atomic E-state index is 15.0. The number of carbonyl (C=O) groups excluding carboxylic acids is 4. The molecule has 5 aliphatic rings. The number of hydrogen-bond donors (Lipinski definition) is 4. The topological polar surface area (TPSA) is 202 Å². The van der Waals surface area contributed by atoms with E-state index in [1.54, 1.807) is 11.4 Å². The predicted molar refractivity (Wildman–Crippen MR) is 238 cm³/mol. The van der Waals surface area contributed by atoms with Crippen molar-refractivity contribution in [1.29, 1.82) is 0 Å². The molecule has 5 fully saturated rings. The van der Waals surface area contributed by atoms with Crippen molar-refractivity contribution >= 4 is 63.0 Å². The number of anilines is 2. The van der Waals surface area contributed by atoms with Crippen LogP contribution in [0.1, 0.15) is 103 Å². The maximum atomic E-state index is 15.0. The number of hydrogen-bond acceptors (Lipinski definition) is 12. The Morgan fingerprint density at radius 3 is 2.21 bits per heavy atom. The third-order valence-corrected chi connectivity index (χ3v) is 14.2. The van der Waals surface area contributed by atoms with Gasteiger partial charge in [0.1, 0.15) is 47.4 Å². The molecule has 1 aromatic carbocycles. The van der Waals surface area contributed by atoms with Crippen LogP contribution in [0.25, 0.3) is 22.3 Å². The number of likely N-dealkylation sites (tertiary alicyclic amines) is 1. The van der Waals surface area contributed by atoms with Crippen LogP contribution in [-0.4, -0.2) is 107 Å². The summed E-state index contributed by atoms with van der Waals surface area (Å²) in [6.45, 7) is 3.76. The number of thiazole rings is 1. The Labute approximate surface area is 371 Å². The van der Waals surface area contributed by atoms with Gasteiger partial charge in [0, 0.05) is 49.0 Å². The lowest BCUT2D eigenvalue weighted by molar-refractivity contribution is -0.146. The fourth-order valence-corrected chi connectivity index (χ4v) is 10.5. The van der Waals surface area contributed by atoms with Gasteiger partial charge in [-0.15, -0.1) is 17.9 Å². The maximum Gasteiger partial charge on any atom is 0.413 e. The van der Waals surface area contributed by atoms with Crippen molar-refractivity contribution in [2.75, 3.05) is 30.9 Å². The number of carboxylic acid groups (broad SMARTS) is 1. The molecule has 4 N–H and O–H groups in total. The molecule has 8 rings (SSSR count). The molecular weight excluding hydrogens is 827 g/mol. The molecule has 1 saturated heterocycles. The lowest BCUT2D eigenvalue weighted by Gasteiger charge is -2.35. The molecule has 3 heterocycles. The van der Waals surface area contributed by atoms with E-state index in [4.69, 9.17) is 19.2 Å². The smallest absolute Gasteiger partial charge is 0.413 e. The van der Waals surface area contributed by atoms with Crippen LogP contribution in [0.3, 0.4) is 0 Å². The molecule has 16 nitrogen and oxygen atoms in total. The van der Waals surface area contributed by atoms with E-state index in [1.165, 1.54) is 22.3 Å². The van der Waals surface area contributed by atoms with Crippen LogP contribution in [0.4, 0.5) is 20.4 Å². The summed E-state index contributed by atoms with van der Waals surface area (Å²) >= 11 is 1.24. The number of aliphatic carboxylic acids is 1. The number of fused-ring (bicyclic) bond motifs is 1. The van der Waals surface area contributed by atoms with Gasteiger partial charge in [-0.2, -0.15) is 0 Å². The number of rotatable bonds is 14. The first-order valence-electron chi connectivity index (χ1n) is 22.6. The lowest BCUT2D eigenvalue weighted by atomic mass is 9.83. The van der Waals surface area contributed by atoms with Crippen LogP contribution in [0.5, 0.6) is 5.75 Å². The second-order valence-electron chi connectivity index (χ2n) is 18.1. The summed E-state index contributed by atoms with van der Waals surface area (Å²) in [6, 6.07) is 5.50. The van der Waals surface area contributed by atoms with E-state index in [0.29, 0.717) is 33.2 Å². The molecule has 17 heteroatoms. The molecule has 0 spiro atoms. The highest BCUT2D eigenvalue weighted by atomic mass is 32.1. The molecule has 0 bridgehead atoms. The zero-order valence-electron chi connectivity index (χ0n) is 36.1. The normalized spacial score (nSPS) is 24.6. The average molecular weight is 886 g/mol. The summed E-state index contributed by atoms with van der Waals surface area (Å²) in [5.41, 5.74) is 0.971. The van der Waals surface area contributed by atoms with Crippen molar-refractivity contribution in [1.82, 2.24) is 25.5 Å². The van der Waals surface area contributed by atoms with Crippen LogP contribution in [-0.2, 0) is 23.9 Å². The van der Waals surface area contributed by atoms with Crippen LogP contribution in [0, 0.1) is 11.8 Å². The number of aromatic nitrogens is 2. The van der Waals surface area contributed by atoms with Gasteiger partial charge in [0.2, 0.25) is 11.8 Å². The molecule has 2 aromatic heterocycles. The highest BCUT2D eigenvalue weighted by Crippen LogP contribution is 2.45. The number of carboxylic acids is 1. The Balaban J connectivity index is 1.09. The molecule has 63 heavy (non-hydrogen) atoms. The number of pyridine rings is 1. The van der Waals surface area contributed by atoms with E-state index in [2.05, 4.69) is 27.5 Å². The minimum atomic E-state index is -1.52. The summed E-state index contributed by atoms with van der Waals surface area (Å²) in [5.74, 6) is -2.41. The lowest BCUT2D eigenvalue weighted by Crippen LogP contribution is -2.58. The minimum absolute atomic E-state index is 0.00669. The van der Waals surface area contributed by atoms with E-state index < -0.39 is 59.6 Å². The van der Waals surface area contributed by atoms with E-state index in [1.807, 2.05) is 37.2 Å². The molecule has 4 aliphatic carbocycles. The second kappa shape index (κ2) is 19.1. The van der Waals surface area contributed by atoms with Gasteiger partial charge in [-0.25, -0.2) is 24.4 Å². The molecule has 4 saturated carbocycles. The van der Waals surface area contributed by atoms with E-state index >= 15 is 0 Å². The molecule has 338 valence electrons. The second-order valence-corrected chi connectivity index (χ2v) is 18.9. The molecular formula is C46H59N7O9S. The van der Waals surface area contributed by atoms with E-state index in [0.717, 1.165) is 95.6 Å². The molecule has 4 amide bonds. The molecule has 3 aromatic rings. The van der Waals surface area contributed by atoms with Gasteiger partial charge in [-0.3, -0.25) is 14.9 Å². The van der Waals surface area contributed by atoms with Gasteiger partial charge in [0.25, 0.3) is 0 Å². The van der Waals surface area contributed by atoms with Gasteiger partial charge >= 0.3 is 18.2 Å². The first-order chi connectivity index (χ1) is 30.4. The first kappa shape index (κ1) is 44.2. The highest BCUT2D eigenvalue weighted by molar-refractivity contribution is 7.14. The zero-order chi connectivity index (χ0) is 44.3. The number of benzene rings is 1.